The quantitative estimate of drug-likeness (QED) is 0.231. The minimum atomic E-state index is -0.553. The van der Waals surface area contributed by atoms with Crippen LogP contribution in [-0.4, -0.2) is 20.6 Å². The van der Waals surface area contributed by atoms with E-state index in [9.17, 15) is 0 Å². The third-order valence-electron chi connectivity index (χ3n) is 5.12. The second kappa shape index (κ2) is 14.3. The van der Waals surface area contributed by atoms with E-state index in [0.717, 1.165) is 0 Å². The summed E-state index contributed by atoms with van der Waals surface area (Å²) in [6.07, 6.45) is 0. The molecule has 2 aromatic carbocycles. The monoisotopic (exact) mass is 622 g/mol. The van der Waals surface area contributed by atoms with Gasteiger partial charge in [-0.05, 0) is 107 Å². The molecule has 5 heteroatoms. The van der Waals surface area contributed by atoms with Gasteiger partial charge in [0.25, 0.3) is 0 Å². The molecule has 0 aromatic heterocycles. The molecular formula is C28H48Cl2P2Pd+2. The standard InChI is InChI=1S/2C14H23P.2ClH.Pd/c2*1-13(2,3)15(14(4,5)6)12-10-8-7-9-11-12;;;/h2*7-11H,1-6H3;2*1H;/q;;;;+2. The summed E-state index contributed by atoms with van der Waals surface area (Å²) in [5, 5.41) is 4.74. The van der Waals surface area contributed by atoms with Crippen molar-refractivity contribution >= 4 is 45.5 Å². The Kier molecular flexibility index (Phi) is 14.6. The first kappa shape index (κ1) is 33.5. The van der Waals surface area contributed by atoms with E-state index >= 15 is 0 Å². The van der Waals surface area contributed by atoms with Crippen LogP contribution in [0.3, 0.4) is 0 Å². The van der Waals surface area contributed by atoms with Crippen molar-refractivity contribution in [2.45, 2.75) is 104 Å². The Morgan fingerprint density at radius 1 is 0.455 bits per heavy atom. The first-order chi connectivity index (χ1) is 14.9. The van der Waals surface area contributed by atoms with Gasteiger partial charge in [0.2, 0.25) is 0 Å². The Morgan fingerprint density at radius 3 is 0.788 bits per heavy atom. The van der Waals surface area contributed by atoms with E-state index in [1.165, 1.54) is 0 Å². The average Bonchev–Trinajstić information content (AvgIpc) is 2.60. The summed E-state index contributed by atoms with van der Waals surface area (Å²) in [7, 11) is 8.52. The molecule has 0 saturated heterocycles. The van der Waals surface area contributed by atoms with Crippen LogP contribution in [0.4, 0.5) is 0 Å². The summed E-state index contributed by atoms with van der Waals surface area (Å²) < 4.78 is 0. The van der Waals surface area contributed by atoms with Crippen LogP contribution >= 0.6 is 34.9 Å². The van der Waals surface area contributed by atoms with Crippen molar-refractivity contribution in [1.82, 2.24) is 0 Å². The Labute approximate surface area is 224 Å². The molecule has 2 rings (SSSR count). The van der Waals surface area contributed by atoms with Crippen molar-refractivity contribution in [3.63, 3.8) is 0 Å². The molecule has 0 nitrogen and oxygen atoms in total. The molecule has 0 bridgehead atoms. The summed E-state index contributed by atoms with van der Waals surface area (Å²) in [4.78, 5) is 0. The molecule has 2 aromatic rings. The predicted molar refractivity (Wildman–Crippen MR) is 159 cm³/mol. The minimum absolute atomic E-state index is 0.106. The SMILES string of the molecule is CC(C)(C)[PH+](c1ccccc1)C(C)(C)C.CC(C)(C)[PH+](c1ccccc1)C(C)(C)C.[Cl][Pd][Cl]. The molecule has 0 radical (unpaired) electrons. The van der Waals surface area contributed by atoms with Crippen LogP contribution in [0.15, 0.2) is 60.7 Å². The average molecular weight is 624 g/mol. The Morgan fingerprint density at radius 2 is 0.636 bits per heavy atom. The van der Waals surface area contributed by atoms with E-state index in [-0.39, 0.29) is 15.9 Å². The molecular weight excluding hydrogens is 576 g/mol. The number of benzene rings is 2. The molecule has 0 atom stereocenters. The molecule has 0 fully saturated rings. The molecule has 192 valence electrons. The van der Waals surface area contributed by atoms with Crippen molar-refractivity contribution in [3.8, 4) is 0 Å². The molecule has 0 aliphatic rings. The zero-order valence-electron chi connectivity index (χ0n) is 22.8. The van der Waals surface area contributed by atoms with Gasteiger partial charge in [-0.2, -0.15) is 0 Å². The van der Waals surface area contributed by atoms with Gasteiger partial charge in [-0.15, -0.1) is 0 Å². The zero-order chi connectivity index (χ0) is 26.1. The van der Waals surface area contributed by atoms with Crippen molar-refractivity contribution in [2.24, 2.45) is 0 Å². The maximum atomic E-state index is 4.81. The van der Waals surface area contributed by atoms with Gasteiger partial charge in [0.15, 0.2) is 0 Å². The van der Waals surface area contributed by atoms with Crippen LogP contribution < -0.4 is 10.6 Å². The van der Waals surface area contributed by atoms with E-state index in [1.807, 2.05) is 0 Å². The van der Waals surface area contributed by atoms with Gasteiger partial charge < -0.3 is 0 Å². The van der Waals surface area contributed by atoms with E-state index in [1.54, 1.807) is 10.6 Å². The van der Waals surface area contributed by atoms with E-state index < -0.39 is 15.8 Å². The number of rotatable bonds is 2. The molecule has 0 N–H and O–H groups in total. The molecule has 0 spiro atoms. The Hall–Kier alpha value is 0.542. The summed E-state index contributed by atoms with van der Waals surface area (Å²) in [5.41, 5.74) is 0. The number of hydrogen-bond acceptors (Lipinski definition) is 0. The summed E-state index contributed by atoms with van der Waals surface area (Å²) in [6, 6.07) is 22.1. The van der Waals surface area contributed by atoms with Crippen LogP contribution in [0, 0.1) is 0 Å². The van der Waals surface area contributed by atoms with Gasteiger partial charge in [0, 0.05) is 15.8 Å². The van der Waals surface area contributed by atoms with Crippen LogP contribution in [-0.2, 0) is 15.9 Å². The van der Waals surface area contributed by atoms with Gasteiger partial charge in [-0.25, -0.2) is 0 Å². The fourth-order valence-corrected chi connectivity index (χ4v) is 14.2. The molecule has 0 amide bonds. The molecule has 0 unspecified atom stereocenters. The molecule has 0 saturated carbocycles. The predicted octanol–water partition coefficient (Wildman–Crippen LogP) is 9.62. The third kappa shape index (κ3) is 12.9. The Bertz CT molecular complexity index is 673. The van der Waals surface area contributed by atoms with Crippen molar-refractivity contribution < 1.29 is 15.9 Å². The second-order valence-electron chi connectivity index (χ2n) is 12.5. The number of hydrogen-bond donors (Lipinski definition) is 0. The van der Waals surface area contributed by atoms with Gasteiger partial charge in [0.05, 0.1) is 31.2 Å². The third-order valence-corrected chi connectivity index (χ3v) is 12.9. The van der Waals surface area contributed by atoms with Crippen molar-refractivity contribution in [3.05, 3.63) is 60.7 Å². The molecule has 0 aliphatic carbocycles. The van der Waals surface area contributed by atoms with Crippen molar-refractivity contribution in [1.29, 1.82) is 0 Å². The topological polar surface area (TPSA) is 0 Å². The zero-order valence-corrected chi connectivity index (χ0v) is 27.9. The van der Waals surface area contributed by atoms with Gasteiger partial charge in [0.1, 0.15) is 0 Å². The van der Waals surface area contributed by atoms with Crippen molar-refractivity contribution in [2.75, 3.05) is 0 Å². The second-order valence-corrected chi connectivity index (χ2v) is 23.5. The fourth-order valence-electron chi connectivity index (χ4n) is 5.19. The van der Waals surface area contributed by atoms with Crippen LogP contribution in [0.2, 0.25) is 0 Å². The van der Waals surface area contributed by atoms with E-state index in [2.05, 4.69) is 144 Å². The van der Waals surface area contributed by atoms with E-state index in [4.69, 9.17) is 19.1 Å². The van der Waals surface area contributed by atoms with Crippen LogP contribution in [0.1, 0.15) is 83.1 Å². The normalized spacial score (nSPS) is 12.7. The van der Waals surface area contributed by atoms with E-state index in [0.29, 0.717) is 20.6 Å². The maximum absolute atomic E-state index is 4.81. The molecule has 0 aliphatic heterocycles. The van der Waals surface area contributed by atoms with Crippen LogP contribution in [0.25, 0.3) is 0 Å². The van der Waals surface area contributed by atoms with Gasteiger partial charge in [-0.3, -0.25) is 0 Å². The summed E-state index contributed by atoms with van der Waals surface area (Å²) >= 11 is -0.106. The first-order valence-corrected chi connectivity index (χ1v) is 18.6. The molecule has 0 heterocycles. The fraction of sp³-hybridized carbons (Fsp3) is 0.571. The van der Waals surface area contributed by atoms with Crippen LogP contribution in [0.5, 0.6) is 0 Å². The summed E-state index contributed by atoms with van der Waals surface area (Å²) in [6.45, 7) is 28.5. The summed E-state index contributed by atoms with van der Waals surface area (Å²) in [5.74, 6) is 0. The first-order valence-electron chi connectivity index (χ1n) is 11.6. The number of halogens is 2. The van der Waals surface area contributed by atoms with Gasteiger partial charge >= 0.3 is 35.0 Å². The van der Waals surface area contributed by atoms with Gasteiger partial charge in [-0.1, -0.05) is 36.4 Å². The Balaban J connectivity index is 0.000000555. The molecule has 33 heavy (non-hydrogen) atoms.